The topological polar surface area (TPSA) is 32.6 Å². The van der Waals surface area contributed by atoms with Crippen LogP contribution in [0.4, 0.5) is 0 Å². The number of nitrogens with one attached hydrogen (secondary N) is 1. The minimum atomic E-state index is 0.634. The normalized spacial score (nSPS) is 21.1. The van der Waals surface area contributed by atoms with Crippen LogP contribution in [0.15, 0.2) is 24.5 Å². The lowest BCUT2D eigenvalue weighted by atomic mass is 10.1. The van der Waals surface area contributed by atoms with Gasteiger partial charge in [0.05, 0.1) is 11.9 Å². The van der Waals surface area contributed by atoms with E-state index in [1.165, 1.54) is 30.6 Å². The van der Waals surface area contributed by atoms with Gasteiger partial charge in [0.1, 0.15) is 5.65 Å². The van der Waals surface area contributed by atoms with Crippen LogP contribution < -0.4 is 5.32 Å². The zero-order valence-corrected chi connectivity index (χ0v) is 11.8. The van der Waals surface area contributed by atoms with Crippen LogP contribution in [-0.2, 0) is 6.54 Å². The van der Waals surface area contributed by atoms with Gasteiger partial charge in [0, 0.05) is 25.3 Å². The minimum Gasteiger partial charge on any atom is -0.316 e. The molecule has 3 heterocycles. The zero-order chi connectivity index (χ0) is 13.2. The molecule has 0 spiro atoms. The largest absolute Gasteiger partial charge is 0.316 e. The van der Waals surface area contributed by atoms with Crippen LogP contribution in [0.3, 0.4) is 0 Å². The summed E-state index contributed by atoms with van der Waals surface area (Å²) in [7, 11) is 2.06. The van der Waals surface area contributed by atoms with Crippen molar-refractivity contribution in [3.8, 4) is 0 Å². The third-order valence-electron chi connectivity index (χ3n) is 4.11. The molecule has 0 aromatic carbocycles. The molecule has 1 saturated heterocycles. The van der Waals surface area contributed by atoms with E-state index in [0.717, 1.165) is 18.7 Å². The van der Waals surface area contributed by atoms with Crippen molar-refractivity contribution in [1.82, 2.24) is 19.6 Å². The highest BCUT2D eigenvalue weighted by atomic mass is 15.2. The van der Waals surface area contributed by atoms with E-state index in [4.69, 9.17) is 0 Å². The molecule has 1 fully saturated rings. The number of likely N-dealkylation sites (N-methyl/N-ethyl adjacent to an activating group) is 1. The van der Waals surface area contributed by atoms with Crippen LogP contribution in [-0.4, -0.2) is 40.5 Å². The van der Waals surface area contributed by atoms with Gasteiger partial charge in [-0.15, -0.1) is 0 Å². The average molecular weight is 258 g/mol. The summed E-state index contributed by atoms with van der Waals surface area (Å²) in [5.41, 5.74) is 3.61. The molecule has 2 aromatic rings. The lowest BCUT2D eigenvalue weighted by Gasteiger charge is -2.32. The second-order valence-corrected chi connectivity index (χ2v) is 5.50. The van der Waals surface area contributed by atoms with Gasteiger partial charge in [0.15, 0.2) is 0 Å². The SMILES string of the molecule is CNC1CCCN(Cc2cnc3c(C)cccn23)C1. The first-order chi connectivity index (χ1) is 9.28. The van der Waals surface area contributed by atoms with Crippen molar-refractivity contribution in [3.63, 3.8) is 0 Å². The van der Waals surface area contributed by atoms with Crippen LogP contribution in [0.2, 0.25) is 0 Å². The molecule has 1 atom stereocenters. The van der Waals surface area contributed by atoms with Gasteiger partial charge < -0.3 is 9.72 Å². The molecule has 0 saturated carbocycles. The molecule has 1 aliphatic rings. The molecule has 0 radical (unpaired) electrons. The van der Waals surface area contributed by atoms with E-state index in [9.17, 15) is 0 Å². The molecule has 0 bridgehead atoms. The van der Waals surface area contributed by atoms with Gasteiger partial charge in [-0.25, -0.2) is 4.98 Å². The highest BCUT2D eigenvalue weighted by molar-refractivity contribution is 5.48. The number of pyridine rings is 1. The fourth-order valence-electron chi connectivity index (χ4n) is 2.98. The molecule has 2 aromatic heterocycles. The van der Waals surface area contributed by atoms with Gasteiger partial charge >= 0.3 is 0 Å². The Balaban J connectivity index is 1.80. The molecule has 0 amide bonds. The van der Waals surface area contributed by atoms with E-state index in [2.05, 4.69) is 51.9 Å². The number of fused-ring (bicyclic) bond motifs is 1. The van der Waals surface area contributed by atoms with Crippen molar-refractivity contribution in [2.24, 2.45) is 0 Å². The summed E-state index contributed by atoms with van der Waals surface area (Å²) in [5.74, 6) is 0. The third kappa shape index (κ3) is 2.51. The van der Waals surface area contributed by atoms with Crippen molar-refractivity contribution in [2.75, 3.05) is 20.1 Å². The van der Waals surface area contributed by atoms with Gasteiger partial charge in [-0.2, -0.15) is 0 Å². The van der Waals surface area contributed by atoms with Gasteiger partial charge in [0.25, 0.3) is 0 Å². The molecule has 19 heavy (non-hydrogen) atoms. The molecular formula is C15H22N4. The van der Waals surface area contributed by atoms with Crippen molar-refractivity contribution in [1.29, 1.82) is 0 Å². The summed E-state index contributed by atoms with van der Waals surface area (Å²) in [4.78, 5) is 7.07. The first-order valence-electron chi connectivity index (χ1n) is 7.09. The van der Waals surface area contributed by atoms with Crippen molar-refractivity contribution >= 4 is 5.65 Å². The number of imidazole rings is 1. The average Bonchev–Trinajstić information content (AvgIpc) is 2.84. The van der Waals surface area contributed by atoms with E-state index in [1.807, 2.05) is 6.20 Å². The summed E-state index contributed by atoms with van der Waals surface area (Å²) < 4.78 is 2.22. The predicted molar refractivity (Wildman–Crippen MR) is 77.3 cm³/mol. The van der Waals surface area contributed by atoms with Crippen molar-refractivity contribution in [3.05, 3.63) is 35.8 Å². The number of nitrogens with zero attached hydrogens (tertiary/aromatic N) is 3. The second-order valence-electron chi connectivity index (χ2n) is 5.50. The van der Waals surface area contributed by atoms with Gasteiger partial charge in [-0.3, -0.25) is 4.90 Å². The van der Waals surface area contributed by atoms with E-state index >= 15 is 0 Å². The lowest BCUT2D eigenvalue weighted by molar-refractivity contribution is 0.186. The Morgan fingerprint density at radius 2 is 2.37 bits per heavy atom. The Morgan fingerprint density at radius 3 is 3.21 bits per heavy atom. The predicted octanol–water partition coefficient (Wildman–Crippen LogP) is 1.83. The Bertz CT molecular complexity index is 560. The number of hydrogen-bond acceptors (Lipinski definition) is 3. The van der Waals surface area contributed by atoms with Crippen LogP contribution in [0.1, 0.15) is 24.1 Å². The maximum atomic E-state index is 4.54. The third-order valence-corrected chi connectivity index (χ3v) is 4.11. The number of aryl methyl sites for hydroxylation is 1. The summed E-state index contributed by atoms with van der Waals surface area (Å²) in [5, 5.41) is 3.40. The molecular weight excluding hydrogens is 236 g/mol. The Labute approximate surface area is 114 Å². The molecule has 1 N–H and O–H groups in total. The van der Waals surface area contributed by atoms with E-state index in [-0.39, 0.29) is 0 Å². The summed E-state index contributed by atoms with van der Waals surface area (Å²) >= 11 is 0. The first kappa shape index (κ1) is 12.6. The summed E-state index contributed by atoms with van der Waals surface area (Å²) in [6.45, 7) is 5.43. The Hall–Kier alpha value is -1.39. The molecule has 4 nitrogen and oxygen atoms in total. The quantitative estimate of drug-likeness (QED) is 0.911. The van der Waals surface area contributed by atoms with Crippen molar-refractivity contribution in [2.45, 2.75) is 32.4 Å². The van der Waals surface area contributed by atoms with Crippen LogP contribution in [0.5, 0.6) is 0 Å². The van der Waals surface area contributed by atoms with Gasteiger partial charge in [0.2, 0.25) is 0 Å². The second kappa shape index (κ2) is 5.31. The Kier molecular flexibility index (Phi) is 3.53. The molecule has 1 unspecified atom stereocenters. The van der Waals surface area contributed by atoms with Crippen LogP contribution in [0.25, 0.3) is 5.65 Å². The highest BCUT2D eigenvalue weighted by Crippen LogP contribution is 2.16. The van der Waals surface area contributed by atoms with Gasteiger partial charge in [-0.1, -0.05) is 6.07 Å². The number of piperidine rings is 1. The molecule has 0 aliphatic carbocycles. The van der Waals surface area contributed by atoms with E-state index in [1.54, 1.807) is 0 Å². The monoisotopic (exact) mass is 258 g/mol. The van der Waals surface area contributed by atoms with Crippen molar-refractivity contribution < 1.29 is 0 Å². The fourth-order valence-corrected chi connectivity index (χ4v) is 2.98. The first-order valence-corrected chi connectivity index (χ1v) is 7.09. The lowest BCUT2D eigenvalue weighted by Crippen LogP contribution is -2.44. The maximum Gasteiger partial charge on any atom is 0.139 e. The standard InChI is InChI=1S/C15H22N4/c1-12-5-3-8-19-14(9-17-15(12)19)11-18-7-4-6-13(10-18)16-2/h3,5,8-9,13,16H,4,6-7,10-11H2,1-2H3. The molecule has 1 aliphatic heterocycles. The summed E-state index contributed by atoms with van der Waals surface area (Å²) in [6, 6.07) is 4.85. The van der Waals surface area contributed by atoms with Crippen LogP contribution >= 0.6 is 0 Å². The fraction of sp³-hybridized carbons (Fsp3) is 0.533. The van der Waals surface area contributed by atoms with Crippen LogP contribution in [0, 0.1) is 6.92 Å². The van der Waals surface area contributed by atoms with Gasteiger partial charge in [-0.05, 0) is 45.0 Å². The highest BCUT2D eigenvalue weighted by Gasteiger charge is 2.19. The summed E-state index contributed by atoms with van der Waals surface area (Å²) in [6.07, 6.45) is 6.70. The smallest absolute Gasteiger partial charge is 0.139 e. The van der Waals surface area contributed by atoms with E-state index < -0.39 is 0 Å². The number of likely N-dealkylation sites (tertiary alicyclic amines) is 1. The number of rotatable bonds is 3. The number of aromatic nitrogens is 2. The maximum absolute atomic E-state index is 4.54. The minimum absolute atomic E-state index is 0.634. The molecule has 102 valence electrons. The Morgan fingerprint density at radius 1 is 1.47 bits per heavy atom. The molecule has 3 rings (SSSR count). The zero-order valence-electron chi connectivity index (χ0n) is 11.8. The molecule has 4 heteroatoms. The van der Waals surface area contributed by atoms with E-state index in [0.29, 0.717) is 6.04 Å². The number of hydrogen-bond donors (Lipinski definition) is 1.